The molecule has 45 heavy (non-hydrogen) atoms. The second-order valence-corrected chi connectivity index (χ2v) is 12.2. The van der Waals surface area contributed by atoms with Gasteiger partial charge < -0.3 is 4.74 Å². The summed E-state index contributed by atoms with van der Waals surface area (Å²) in [6.07, 6.45) is 2.73. The number of hydrogen-bond donors (Lipinski definition) is 0. The fourth-order valence-corrected chi connectivity index (χ4v) is 6.35. The quantitative estimate of drug-likeness (QED) is 0.185. The van der Waals surface area contributed by atoms with Gasteiger partial charge in [0.15, 0.2) is 0 Å². The van der Waals surface area contributed by atoms with Crippen molar-refractivity contribution < 1.29 is 4.74 Å². The molecule has 0 bridgehead atoms. The van der Waals surface area contributed by atoms with E-state index in [1.54, 1.807) is 0 Å². The van der Waals surface area contributed by atoms with E-state index in [2.05, 4.69) is 130 Å². The summed E-state index contributed by atoms with van der Waals surface area (Å²) in [5.41, 5.74) is 11.7. The van der Waals surface area contributed by atoms with Gasteiger partial charge in [0.25, 0.3) is 0 Å². The van der Waals surface area contributed by atoms with Crippen LogP contribution >= 0.6 is 0 Å². The predicted octanol–water partition coefficient (Wildman–Crippen LogP) is 10.4. The van der Waals surface area contributed by atoms with Gasteiger partial charge in [-0.05, 0) is 97.8 Å². The lowest BCUT2D eigenvalue weighted by molar-refractivity contribution is 0.482. The van der Waals surface area contributed by atoms with Crippen LogP contribution in [0.3, 0.4) is 0 Å². The highest BCUT2D eigenvalue weighted by Crippen LogP contribution is 2.37. The van der Waals surface area contributed by atoms with Crippen molar-refractivity contribution in [3.63, 3.8) is 0 Å². The number of benzene rings is 4. The summed E-state index contributed by atoms with van der Waals surface area (Å²) in [4.78, 5) is 4.72. The van der Waals surface area contributed by atoms with Crippen LogP contribution in [0.1, 0.15) is 54.8 Å². The van der Waals surface area contributed by atoms with Gasteiger partial charge in [0.05, 0.1) is 28.1 Å². The number of ether oxygens (including phenoxy) is 1. The van der Waals surface area contributed by atoms with E-state index < -0.39 is 0 Å². The Balaban J connectivity index is 1.31. The zero-order chi connectivity index (χ0) is 31.2. The summed E-state index contributed by atoms with van der Waals surface area (Å²) < 4.78 is 10.9. The number of aryl methyl sites for hydroxylation is 3. The molecule has 7 rings (SSSR count). The molecule has 0 atom stereocenters. The monoisotopic (exact) mass is 590 g/mol. The molecule has 4 aromatic carbocycles. The van der Waals surface area contributed by atoms with Crippen LogP contribution in [0.4, 0.5) is 0 Å². The molecule has 0 unspecified atom stereocenters. The average molecular weight is 591 g/mol. The molecule has 0 saturated heterocycles. The second kappa shape index (κ2) is 11.4. The minimum atomic E-state index is 0.286. The highest BCUT2D eigenvalue weighted by atomic mass is 16.5. The smallest absolute Gasteiger partial charge is 0.137 e. The minimum Gasteiger partial charge on any atom is -0.457 e. The van der Waals surface area contributed by atoms with E-state index in [0.717, 1.165) is 46.2 Å². The van der Waals surface area contributed by atoms with Crippen LogP contribution in [-0.4, -0.2) is 19.3 Å². The van der Waals surface area contributed by atoms with Gasteiger partial charge in [-0.1, -0.05) is 63.2 Å². The van der Waals surface area contributed by atoms with Crippen LogP contribution in [0.2, 0.25) is 0 Å². The number of fused-ring (bicyclic) bond motifs is 3. The Morgan fingerprint density at radius 2 is 1.53 bits per heavy atom. The molecule has 0 spiro atoms. The third kappa shape index (κ3) is 5.08. The van der Waals surface area contributed by atoms with E-state index in [-0.39, 0.29) is 5.92 Å². The SMILES string of the molecule is CCc1c(-c2ccc(C)c(C)c2)c(C(C)C)nn1-c1cccc(Oc2ccc3c4ccccc4n(-c4cc(C)ccn4)c3c2)c1. The molecule has 5 nitrogen and oxygen atoms in total. The first-order valence-electron chi connectivity index (χ1n) is 15.8. The molecule has 0 amide bonds. The maximum Gasteiger partial charge on any atom is 0.137 e. The van der Waals surface area contributed by atoms with Crippen LogP contribution < -0.4 is 4.74 Å². The minimum absolute atomic E-state index is 0.286. The topological polar surface area (TPSA) is 44.9 Å². The Kier molecular flexibility index (Phi) is 7.25. The number of hydrogen-bond acceptors (Lipinski definition) is 3. The molecule has 224 valence electrons. The molecule has 0 fully saturated rings. The van der Waals surface area contributed by atoms with Crippen LogP contribution in [0.5, 0.6) is 11.5 Å². The normalized spacial score (nSPS) is 11.6. The third-order valence-electron chi connectivity index (χ3n) is 8.76. The highest BCUT2D eigenvalue weighted by molar-refractivity contribution is 6.09. The van der Waals surface area contributed by atoms with Gasteiger partial charge in [-0.15, -0.1) is 0 Å². The molecular weight excluding hydrogens is 552 g/mol. The van der Waals surface area contributed by atoms with E-state index in [1.165, 1.54) is 44.3 Å². The Morgan fingerprint density at radius 3 is 2.31 bits per heavy atom. The predicted molar refractivity (Wildman–Crippen MR) is 185 cm³/mol. The molecule has 0 radical (unpaired) electrons. The molecule has 3 heterocycles. The molecule has 7 aromatic rings. The van der Waals surface area contributed by atoms with Crippen molar-refractivity contribution in [2.45, 2.75) is 53.9 Å². The summed E-state index contributed by atoms with van der Waals surface area (Å²) in [6, 6.07) is 33.9. The van der Waals surface area contributed by atoms with Crippen molar-refractivity contribution in [2.24, 2.45) is 0 Å². The molecule has 0 aliphatic carbocycles. The van der Waals surface area contributed by atoms with Crippen molar-refractivity contribution in [2.75, 3.05) is 0 Å². The summed E-state index contributed by atoms with van der Waals surface area (Å²) in [7, 11) is 0. The standard InChI is InChI=1S/C40H38N4O/c1-7-35-39(29-16-15-27(5)28(6)22-29)40(25(2)3)42-44(35)30-11-10-12-31(23-30)45-32-17-18-34-33-13-8-9-14-36(33)43(37(34)24-32)38-21-26(4)19-20-41-38/h8-25H,7H2,1-6H3. The van der Waals surface area contributed by atoms with Crippen molar-refractivity contribution in [3.8, 4) is 34.1 Å². The maximum atomic E-state index is 6.56. The number of rotatable bonds is 7. The van der Waals surface area contributed by atoms with Gasteiger partial charge in [-0.2, -0.15) is 5.10 Å². The van der Waals surface area contributed by atoms with Gasteiger partial charge >= 0.3 is 0 Å². The van der Waals surface area contributed by atoms with E-state index in [1.807, 2.05) is 24.4 Å². The molecule has 0 aliphatic heterocycles. The van der Waals surface area contributed by atoms with Gasteiger partial charge in [0.1, 0.15) is 17.3 Å². The molecular formula is C40H38N4O. The van der Waals surface area contributed by atoms with E-state index >= 15 is 0 Å². The fraction of sp³-hybridized carbons (Fsp3) is 0.200. The first-order valence-corrected chi connectivity index (χ1v) is 15.8. The fourth-order valence-electron chi connectivity index (χ4n) is 6.35. The van der Waals surface area contributed by atoms with Gasteiger partial charge in [0, 0.05) is 34.7 Å². The Bertz CT molecular complexity index is 2200. The maximum absolute atomic E-state index is 6.56. The van der Waals surface area contributed by atoms with Crippen LogP contribution in [-0.2, 0) is 6.42 Å². The third-order valence-corrected chi connectivity index (χ3v) is 8.76. The number of nitrogens with zero attached hydrogens (tertiary/aromatic N) is 4. The van der Waals surface area contributed by atoms with E-state index in [4.69, 9.17) is 14.8 Å². The summed E-state index contributed by atoms with van der Waals surface area (Å²) in [5, 5.41) is 7.55. The molecule has 0 aliphatic rings. The van der Waals surface area contributed by atoms with Crippen LogP contribution in [0.15, 0.2) is 103 Å². The highest BCUT2D eigenvalue weighted by Gasteiger charge is 2.22. The molecule has 3 aromatic heterocycles. The van der Waals surface area contributed by atoms with E-state index in [0.29, 0.717) is 0 Å². The summed E-state index contributed by atoms with van der Waals surface area (Å²) >= 11 is 0. The van der Waals surface area contributed by atoms with Crippen molar-refractivity contribution in [1.29, 1.82) is 0 Å². The molecule has 0 N–H and O–H groups in total. The van der Waals surface area contributed by atoms with Gasteiger partial charge in [-0.3, -0.25) is 4.57 Å². The second-order valence-electron chi connectivity index (χ2n) is 12.2. The Labute approximate surface area is 264 Å². The van der Waals surface area contributed by atoms with Crippen molar-refractivity contribution >= 4 is 21.8 Å². The largest absolute Gasteiger partial charge is 0.457 e. The summed E-state index contributed by atoms with van der Waals surface area (Å²) in [5.74, 6) is 2.71. The van der Waals surface area contributed by atoms with Crippen molar-refractivity contribution in [1.82, 2.24) is 19.3 Å². The zero-order valence-corrected chi connectivity index (χ0v) is 26.8. The molecule has 5 heteroatoms. The number of pyridine rings is 1. The Morgan fingerprint density at radius 1 is 0.733 bits per heavy atom. The number of aromatic nitrogens is 4. The molecule has 0 saturated carbocycles. The lowest BCUT2D eigenvalue weighted by atomic mass is 9.94. The number of para-hydroxylation sites is 1. The lowest BCUT2D eigenvalue weighted by Gasteiger charge is -2.12. The van der Waals surface area contributed by atoms with Crippen LogP contribution in [0.25, 0.3) is 44.4 Å². The lowest BCUT2D eigenvalue weighted by Crippen LogP contribution is -2.02. The van der Waals surface area contributed by atoms with Gasteiger partial charge in [0.2, 0.25) is 0 Å². The van der Waals surface area contributed by atoms with Crippen LogP contribution in [0, 0.1) is 20.8 Å². The summed E-state index contributed by atoms with van der Waals surface area (Å²) in [6.45, 7) is 13.1. The van der Waals surface area contributed by atoms with E-state index in [9.17, 15) is 0 Å². The zero-order valence-electron chi connectivity index (χ0n) is 26.8. The van der Waals surface area contributed by atoms with Gasteiger partial charge in [-0.25, -0.2) is 9.67 Å². The first kappa shape index (κ1) is 28.6. The Hall–Kier alpha value is -5.16. The average Bonchev–Trinajstić information content (AvgIpc) is 3.59. The van der Waals surface area contributed by atoms with Crippen molar-refractivity contribution in [3.05, 3.63) is 131 Å². The first-order chi connectivity index (χ1) is 21.8.